The zero-order valence-corrected chi connectivity index (χ0v) is 9.18. The SMILES string of the molecule is CCOC(=O)C(=O)CC=Cc1ccccc1. The molecule has 0 amide bonds. The summed E-state index contributed by atoms with van der Waals surface area (Å²) in [5.74, 6) is -1.28. The van der Waals surface area contributed by atoms with Crippen molar-refractivity contribution in [1.82, 2.24) is 0 Å². The number of esters is 1. The molecule has 0 radical (unpaired) electrons. The number of ketones is 1. The second-order valence-corrected chi connectivity index (χ2v) is 3.16. The van der Waals surface area contributed by atoms with Crippen molar-refractivity contribution in [3.8, 4) is 0 Å². The molecule has 0 aliphatic rings. The minimum Gasteiger partial charge on any atom is -0.460 e. The van der Waals surface area contributed by atoms with E-state index in [0.29, 0.717) is 0 Å². The lowest BCUT2D eigenvalue weighted by molar-refractivity contribution is -0.153. The van der Waals surface area contributed by atoms with E-state index >= 15 is 0 Å². The van der Waals surface area contributed by atoms with Crippen molar-refractivity contribution in [2.45, 2.75) is 13.3 Å². The summed E-state index contributed by atoms with van der Waals surface area (Å²) in [5.41, 5.74) is 0.999. The molecule has 16 heavy (non-hydrogen) atoms. The third-order valence-corrected chi connectivity index (χ3v) is 1.92. The number of allylic oxidation sites excluding steroid dienone is 1. The average molecular weight is 218 g/mol. The Bertz CT molecular complexity index is 379. The molecule has 0 aliphatic heterocycles. The van der Waals surface area contributed by atoms with E-state index in [0.717, 1.165) is 5.56 Å². The van der Waals surface area contributed by atoms with E-state index in [1.165, 1.54) is 0 Å². The smallest absolute Gasteiger partial charge is 0.374 e. The van der Waals surface area contributed by atoms with Gasteiger partial charge in [-0.15, -0.1) is 0 Å². The Kier molecular flexibility index (Phi) is 4.99. The maximum Gasteiger partial charge on any atom is 0.374 e. The van der Waals surface area contributed by atoms with Crippen LogP contribution in [0.2, 0.25) is 0 Å². The van der Waals surface area contributed by atoms with Crippen molar-refractivity contribution in [1.29, 1.82) is 0 Å². The highest BCUT2D eigenvalue weighted by Crippen LogP contribution is 2.02. The molecule has 0 N–H and O–H groups in total. The number of hydrogen-bond acceptors (Lipinski definition) is 3. The van der Waals surface area contributed by atoms with Gasteiger partial charge in [0.2, 0.25) is 5.78 Å². The summed E-state index contributed by atoms with van der Waals surface area (Å²) >= 11 is 0. The Morgan fingerprint density at radius 2 is 1.94 bits per heavy atom. The molecule has 0 bridgehead atoms. The van der Waals surface area contributed by atoms with Gasteiger partial charge in [-0.3, -0.25) is 4.79 Å². The largest absolute Gasteiger partial charge is 0.460 e. The second kappa shape index (κ2) is 6.56. The van der Waals surface area contributed by atoms with Gasteiger partial charge in [0, 0.05) is 6.42 Å². The van der Waals surface area contributed by atoms with Crippen LogP contribution in [0.5, 0.6) is 0 Å². The van der Waals surface area contributed by atoms with E-state index in [9.17, 15) is 9.59 Å². The highest BCUT2D eigenvalue weighted by Gasteiger charge is 2.11. The van der Waals surface area contributed by atoms with Gasteiger partial charge in [-0.05, 0) is 12.5 Å². The van der Waals surface area contributed by atoms with Gasteiger partial charge in [-0.2, -0.15) is 0 Å². The number of benzene rings is 1. The summed E-state index contributed by atoms with van der Waals surface area (Å²) in [6, 6.07) is 9.58. The Balaban J connectivity index is 2.43. The van der Waals surface area contributed by atoms with E-state index in [-0.39, 0.29) is 13.0 Å². The highest BCUT2D eigenvalue weighted by atomic mass is 16.5. The van der Waals surface area contributed by atoms with Gasteiger partial charge < -0.3 is 4.74 Å². The van der Waals surface area contributed by atoms with E-state index in [1.54, 1.807) is 19.1 Å². The number of carbonyl (C=O) groups excluding carboxylic acids is 2. The molecule has 3 heteroatoms. The molecule has 3 nitrogen and oxygen atoms in total. The first-order chi connectivity index (χ1) is 7.74. The van der Waals surface area contributed by atoms with Gasteiger partial charge in [0.05, 0.1) is 6.61 Å². The van der Waals surface area contributed by atoms with Crippen LogP contribution in [0.25, 0.3) is 6.08 Å². The Morgan fingerprint density at radius 1 is 1.25 bits per heavy atom. The lowest BCUT2D eigenvalue weighted by Crippen LogP contribution is -2.16. The normalized spacial score (nSPS) is 10.3. The number of hydrogen-bond donors (Lipinski definition) is 0. The molecule has 0 fully saturated rings. The highest BCUT2D eigenvalue weighted by molar-refractivity contribution is 6.34. The quantitative estimate of drug-likeness (QED) is 0.562. The van der Waals surface area contributed by atoms with Crippen molar-refractivity contribution in [2.24, 2.45) is 0 Å². The van der Waals surface area contributed by atoms with Crippen LogP contribution in [0, 0.1) is 0 Å². The molecule has 1 rings (SSSR count). The molecular weight excluding hydrogens is 204 g/mol. The van der Waals surface area contributed by atoms with Crippen molar-refractivity contribution in [2.75, 3.05) is 6.61 Å². The maximum absolute atomic E-state index is 11.2. The average Bonchev–Trinajstić information content (AvgIpc) is 2.30. The van der Waals surface area contributed by atoms with Gasteiger partial charge in [0.25, 0.3) is 0 Å². The minimum atomic E-state index is -0.764. The van der Waals surface area contributed by atoms with Gasteiger partial charge in [-0.1, -0.05) is 42.5 Å². The van der Waals surface area contributed by atoms with Crippen LogP contribution in [-0.4, -0.2) is 18.4 Å². The molecule has 0 spiro atoms. The number of carbonyl (C=O) groups is 2. The summed E-state index contributed by atoms with van der Waals surface area (Å²) in [6.45, 7) is 1.90. The fourth-order valence-electron chi connectivity index (χ4n) is 1.16. The topological polar surface area (TPSA) is 43.4 Å². The molecule has 0 heterocycles. The van der Waals surface area contributed by atoms with Gasteiger partial charge >= 0.3 is 5.97 Å². The summed E-state index contributed by atoms with van der Waals surface area (Å²) in [5, 5.41) is 0. The lowest BCUT2D eigenvalue weighted by Gasteiger charge is -1.97. The zero-order valence-electron chi connectivity index (χ0n) is 9.18. The molecule has 1 aromatic rings. The zero-order chi connectivity index (χ0) is 11.8. The first kappa shape index (κ1) is 12.2. The third kappa shape index (κ3) is 4.09. The van der Waals surface area contributed by atoms with Gasteiger partial charge in [0.1, 0.15) is 0 Å². The molecule has 0 atom stereocenters. The van der Waals surface area contributed by atoms with Crippen molar-refractivity contribution in [3.63, 3.8) is 0 Å². The fraction of sp³-hybridized carbons (Fsp3) is 0.231. The molecule has 84 valence electrons. The molecule has 0 aliphatic carbocycles. The molecule has 0 saturated carbocycles. The predicted octanol–water partition coefficient (Wildman–Crippen LogP) is 2.22. The first-order valence-corrected chi connectivity index (χ1v) is 5.15. The van der Waals surface area contributed by atoms with Crippen LogP contribution in [0.15, 0.2) is 36.4 Å². The van der Waals surface area contributed by atoms with Crippen LogP contribution < -0.4 is 0 Å². The van der Waals surface area contributed by atoms with Crippen LogP contribution in [0.1, 0.15) is 18.9 Å². The molecular formula is C13H14O3. The van der Waals surface area contributed by atoms with E-state index < -0.39 is 11.8 Å². The molecule has 0 unspecified atom stereocenters. The van der Waals surface area contributed by atoms with Crippen LogP contribution >= 0.6 is 0 Å². The van der Waals surface area contributed by atoms with Crippen molar-refractivity contribution < 1.29 is 14.3 Å². The van der Waals surface area contributed by atoms with Gasteiger partial charge in [-0.25, -0.2) is 4.79 Å². The van der Waals surface area contributed by atoms with Crippen molar-refractivity contribution in [3.05, 3.63) is 42.0 Å². The Hall–Kier alpha value is -1.90. The third-order valence-electron chi connectivity index (χ3n) is 1.92. The maximum atomic E-state index is 11.2. The summed E-state index contributed by atoms with van der Waals surface area (Å²) in [6.07, 6.45) is 3.54. The lowest BCUT2D eigenvalue weighted by atomic mass is 10.2. The number of ether oxygens (including phenoxy) is 1. The Morgan fingerprint density at radius 3 is 2.56 bits per heavy atom. The number of Topliss-reactive ketones (excluding diaryl/α,β-unsaturated/α-hetero) is 1. The van der Waals surface area contributed by atoms with Crippen LogP contribution in [0.4, 0.5) is 0 Å². The first-order valence-electron chi connectivity index (χ1n) is 5.15. The van der Waals surface area contributed by atoms with E-state index in [4.69, 9.17) is 0 Å². The second-order valence-electron chi connectivity index (χ2n) is 3.16. The van der Waals surface area contributed by atoms with E-state index in [2.05, 4.69) is 4.74 Å². The summed E-state index contributed by atoms with van der Waals surface area (Å²) < 4.78 is 4.58. The van der Waals surface area contributed by atoms with Gasteiger partial charge in [0.15, 0.2) is 0 Å². The van der Waals surface area contributed by atoms with Crippen LogP contribution in [-0.2, 0) is 14.3 Å². The minimum absolute atomic E-state index is 0.0771. The standard InChI is InChI=1S/C13H14O3/c1-2-16-13(15)12(14)10-6-9-11-7-4-3-5-8-11/h3-9H,2,10H2,1H3. The summed E-state index contributed by atoms with van der Waals surface area (Å²) in [7, 11) is 0. The molecule has 1 aromatic carbocycles. The van der Waals surface area contributed by atoms with Crippen molar-refractivity contribution >= 4 is 17.8 Å². The predicted molar refractivity (Wildman–Crippen MR) is 61.7 cm³/mol. The monoisotopic (exact) mass is 218 g/mol. The van der Waals surface area contributed by atoms with Crippen LogP contribution in [0.3, 0.4) is 0 Å². The molecule has 0 saturated heterocycles. The Labute approximate surface area is 94.7 Å². The fourth-order valence-corrected chi connectivity index (χ4v) is 1.16. The van der Waals surface area contributed by atoms with E-state index in [1.807, 2.05) is 30.3 Å². The molecule has 0 aromatic heterocycles. The number of rotatable bonds is 5. The summed E-state index contributed by atoms with van der Waals surface area (Å²) in [4.78, 5) is 22.2.